The van der Waals surface area contributed by atoms with Crippen LogP contribution in [0.3, 0.4) is 0 Å². The zero-order valence-corrected chi connectivity index (χ0v) is 9.46. The SMILES string of the molecule is C#CC(CC)OCN1C=CN(C)/C1=C/N=O. The first-order valence-electron chi connectivity index (χ1n) is 5.01. The van der Waals surface area contributed by atoms with Crippen molar-refractivity contribution in [3.8, 4) is 12.3 Å². The summed E-state index contributed by atoms with van der Waals surface area (Å²) in [5.41, 5.74) is 0. The summed E-state index contributed by atoms with van der Waals surface area (Å²) >= 11 is 0. The summed E-state index contributed by atoms with van der Waals surface area (Å²) in [6, 6.07) is 0. The first-order valence-corrected chi connectivity index (χ1v) is 5.01. The maximum atomic E-state index is 10.2. The van der Waals surface area contributed by atoms with Crippen molar-refractivity contribution < 1.29 is 4.74 Å². The second-order valence-corrected chi connectivity index (χ2v) is 3.33. The Morgan fingerprint density at radius 2 is 2.44 bits per heavy atom. The van der Waals surface area contributed by atoms with Crippen molar-refractivity contribution in [3.63, 3.8) is 0 Å². The van der Waals surface area contributed by atoms with Gasteiger partial charge in [-0.05, 0) is 11.6 Å². The minimum Gasteiger partial charge on any atom is -0.345 e. The van der Waals surface area contributed by atoms with Gasteiger partial charge in [-0.1, -0.05) is 12.8 Å². The zero-order chi connectivity index (χ0) is 12.0. The van der Waals surface area contributed by atoms with Gasteiger partial charge in [0.15, 0.2) is 0 Å². The summed E-state index contributed by atoms with van der Waals surface area (Å²) in [5.74, 6) is 3.21. The van der Waals surface area contributed by atoms with E-state index < -0.39 is 0 Å². The van der Waals surface area contributed by atoms with Gasteiger partial charge >= 0.3 is 0 Å². The Bertz CT molecular complexity index is 344. The van der Waals surface area contributed by atoms with Crippen molar-refractivity contribution in [2.75, 3.05) is 13.8 Å². The summed E-state index contributed by atoms with van der Waals surface area (Å²) in [6.45, 7) is 2.27. The van der Waals surface area contributed by atoms with Gasteiger partial charge in [0.1, 0.15) is 24.9 Å². The van der Waals surface area contributed by atoms with Crippen LogP contribution in [0.15, 0.2) is 29.6 Å². The van der Waals surface area contributed by atoms with Gasteiger partial charge in [-0.3, -0.25) is 0 Å². The lowest BCUT2D eigenvalue weighted by molar-refractivity contribution is 0.0314. The highest BCUT2D eigenvalue weighted by Gasteiger charge is 2.17. The predicted molar refractivity (Wildman–Crippen MR) is 61.5 cm³/mol. The maximum Gasteiger partial charge on any atom is 0.136 e. The Morgan fingerprint density at radius 1 is 1.69 bits per heavy atom. The molecule has 0 amide bonds. The van der Waals surface area contributed by atoms with Gasteiger partial charge in [0.05, 0.1) is 0 Å². The average Bonchev–Trinajstić information content (AvgIpc) is 2.63. The Balaban J connectivity index is 2.55. The van der Waals surface area contributed by atoms with Crippen LogP contribution < -0.4 is 0 Å². The minimum absolute atomic E-state index is 0.204. The number of nitroso groups, excluding NO2 is 1. The third-order valence-electron chi connectivity index (χ3n) is 2.27. The molecule has 0 aromatic heterocycles. The number of rotatable bonds is 5. The van der Waals surface area contributed by atoms with E-state index >= 15 is 0 Å². The van der Waals surface area contributed by atoms with Crippen LogP contribution in [-0.4, -0.2) is 29.7 Å². The predicted octanol–water partition coefficient (Wildman–Crippen LogP) is 1.66. The molecule has 16 heavy (non-hydrogen) atoms. The summed E-state index contributed by atoms with van der Waals surface area (Å²) in [5, 5.41) is 2.75. The molecule has 0 aromatic carbocycles. The van der Waals surface area contributed by atoms with E-state index in [1.165, 1.54) is 6.20 Å². The fraction of sp³-hybridized carbons (Fsp3) is 0.455. The molecule has 0 saturated carbocycles. The molecule has 1 unspecified atom stereocenters. The third-order valence-corrected chi connectivity index (χ3v) is 2.27. The molecule has 0 fully saturated rings. The molecule has 1 rings (SSSR count). The summed E-state index contributed by atoms with van der Waals surface area (Å²) in [4.78, 5) is 13.8. The molecule has 0 N–H and O–H groups in total. The highest BCUT2D eigenvalue weighted by molar-refractivity contribution is 5.12. The van der Waals surface area contributed by atoms with Gasteiger partial charge < -0.3 is 14.5 Å². The normalized spacial score (nSPS) is 18.9. The second-order valence-electron chi connectivity index (χ2n) is 3.33. The molecular formula is C11H15N3O2. The number of nitrogens with zero attached hydrogens (tertiary/aromatic N) is 3. The van der Waals surface area contributed by atoms with Gasteiger partial charge in [0.2, 0.25) is 0 Å². The summed E-state index contributed by atoms with van der Waals surface area (Å²) in [7, 11) is 1.83. The third kappa shape index (κ3) is 2.84. The molecule has 86 valence electrons. The molecule has 1 heterocycles. The van der Waals surface area contributed by atoms with E-state index in [2.05, 4.69) is 11.1 Å². The van der Waals surface area contributed by atoms with Gasteiger partial charge in [-0.15, -0.1) is 11.3 Å². The number of hydrogen-bond donors (Lipinski definition) is 0. The molecule has 1 aliphatic rings. The van der Waals surface area contributed by atoms with Crippen molar-refractivity contribution in [2.24, 2.45) is 5.18 Å². The van der Waals surface area contributed by atoms with Crippen LogP contribution in [0.1, 0.15) is 13.3 Å². The molecule has 1 atom stereocenters. The highest BCUT2D eigenvalue weighted by Crippen LogP contribution is 2.17. The van der Waals surface area contributed by atoms with Gasteiger partial charge in [0, 0.05) is 19.4 Å². The van der Waals surface area contributed by atoms with Crippen molar-refractivity contribution in [2.45, 2.75) is 19.4 Å². The van der Waals surface area contributed by atoms with E-state index in [0.29, 0.717) is 12.6 Å². The van der Waals surface area contributed by atoms with Crippen LogP contribution in [0, 0.1) is 17.3 Å². The van der Waals surface area contributed by atoms with Crippen molar-refractivity contribution >= 4 is 0 Å². The van der Waals surface area contributed by atoms with Crippen molar-refractivity contribution in [1.82, 2.24) is 9.80 Å². The van der Waals surface area contributed by atoms with E-state index in [9.17, 15) is 4.91 Å². The van der Waals surface area contributed by atoms with Crippen LogP contribution in [-0.2, 0) is 4.74 Å². The Morgan fingerprint density at radius 3 is 3.00 bits per heavy atom. The Labute approximate surface area is 95.3 Å². The molecule has 5 nitrogen and oxygen atoms in total. The molecule has 0 radical (unpaired) electrons. The van der Waals surface area contributed by atoms with Crippen LogP contribution >= 0.6 is 0 Å². The molecule has 0 bridgehead atoms. The minimum atomic E-state index is -0.204. The standard InChI is InChI=1S/C11H15N3O2/c1-4-10(5-2)16-9-14-7-6-13(3)11(14)8-12-15/h1,6-8,10H,5,9H2,2-3H3/b11-8-. The fourth-order valence-corrected chi connectivity index (χ4v) is 1.31. The average molecular weight is 221 g/mol. The topological polar surface area (TPSA) is 45.1 Å². The maximum absolute atomic E-state index is 10.2. The molecule has 5 heteroatoms. The summed E-state index contributed by atoms with van der Waals surface area (Å²) < 4.78 is 5.48. The van der Waals surface area contributed by atoms with Gasteiger partial charge in [-0.2, -0.15) is 0 Å². The van der Waals surface area contributed by atoms with Gasteiger partial charge in [-0.25, -0.2) is 0 Å². The number of terminal acetylenes is 1. The van der Waals surface area contributed by atoms with E-state index in [0.717, 1.165) is 6.42 Å². The molecule has 0 spiro atoms. The number of ether oxygens (including phenoxy) is 1. The molecule has 1 aliphatic heterocycles. The molecular weight excluding hydrogens is 206 g/mol. The van der Waals surface area contributed by atoms with E-state index in [1.54, 1.807) is 16.0 Å². The summed E-state index contributed by atoms with van der Waals surface area (Å²) in [6.07, 6.45) is 10.7. The van der Waals surface area contributed by atoms with E-state index in [-0.39, 0.29) is 6.10 Å². The Hall–Kier alpha value is -1.80. The van der Waals surface area contributed by atoms with Crippen molar-refractivity contribution in [1.29, 1.82) is 0 Å². The van der Waals surface area contributed by atoms with Crippen LogP contribution in [0.25, 0.3) is 0 Å². The first kappa shape index (κ1) is 12.3. The van der Waals surface area contributed by atoms with Crippen molar-refractivity contribution in [3.05, 3.63) is 29.3 Å². The number of hydrogen-bond acceptors (Lipinski definition) is 5. The second kappa shape index (κ2) is 5.93. The van der Waals surface area contributed by atoms with E-state index in [1.807, 2.05) is 20.2 Å². The first-order chi connectivity index (χ1) is 7.72. The molecule has 0 aliphatic carbocycles. The van der Waals surface area contributed by atoms with Crippen LogP contribution in [0.4, 0.5) is 0 Å². The molecule has 0 aromatic rings. The smallest absolute Gasteiger partial charge is 0.136 e. The van der Waals surface area contributed by atoms with E-state index in [4.69, 9.17) is 11.2 Å². The van der Waals surface area contributed by atoms with Crippen LogP contribution in [0.5, 0.6) is 0 Å². The monoisotopic (exact) mass is 221 g/mol. The van der Waals surface area contributed by atoms with Gasteiger partial charge in [0.25, 0.3) is 0 Å². The fourth-order valence-electron chi connectivity index (χ4n) is 1.31. The highest BCUT2D eigenvalue weighted by atomic mass is 16.5. The zero-order valence-electron chi connectivity index (χ0n) is 9.46. The Kier molecular flexibility index (Phi) is 4.55. The molecule has 0 saturated heterocycles. The van der Waals surface area contributed by atoms with Crippen LogP contribution in [0.2, 0.25) is 0 Å². The lowest BCUT2D eigenvalue weighted by Crippen LogP contribution is -2.25. The lowest BCUT2D eigenvalue weighted by Gasteiger charge is -2.22. The lowest BCUT2D eigenvalue weighted by atomic mass is 10.3. The quantitative estimate of drug-likeness (QED) is 0.523. The largest absolute Gasteiger partial charge is 0.345 e.